The first-order valence-electron chi connectivity index (χ1n) is 9.40. The fourth-order valence-corrected chi connectivity index (χ4v) is 4.46. The molecule has 1 N–H and O–H groups in total. The van der Waals surface area contributed by atoms with Crippen molar-refractivity contribution >= 4 is 22.4 Å². The molecule has 148 valence electrons. The van der Waals surface area contributed by atoms with Crippen molar-refractivity contribution in [2.45, 2.75) is 44.0 Å². The summed E-state index contributed by atoms with van der Waals surface area (Å²) in [7, 11) is -3.38. The number of sulfonamides is 1. The Labute approximate surface area is 169 Å². The van der Waals surface area contributed by atoms with Gasteiger partial charge in [0.05, 0.1) is 4.90 Å². The molecule has 0 saturated carbocycles. The van der Waals surface area contributed by atoms with Crippen molar-refractivity contribution < 1.29 is 8.42 Å². The fraction of sp³-hybridized carbons (Fsp3) is 0.429. The van der Waals surface area contributed by atoms with E-state index in [1.807, 2.05) is 19.1 Å². The molecule has 1 heterocycles. The lowest BCUT2D eigenvalue weighted by Crippen LogP contribution is -2.31. The van der Waals surface area contributed by atoms with E-state index in [1.54, 1.807) is 12.1 Å². The third kappa shape index (κ3) is 6.32. The molecule has 0 atom stereocenters. The molecule has 1 aliphatic heterocycles. The SMILES string of the molecule is Cc1ccc(S(=O)(=O)NCCCCCN2CCc3ccccc3C2)cc1.Cl. The second-order valence-electron chi connectivity index (χ2n) is 7.07. The van der Waals surface area contributed by atoms with Crippen molar-refractivity contribution in [3.63, 3.8) is 0 Å². The molecular weight excluding hydrogens is 380 g/mol. The summed E-state index contributed by atoms with van der Waals surface area (Å²) in [5.41, 5.74) is 3.99. The van der Waals surface area contributed by atoms with E-state index in [0.29, 0.717) is 11.4 Å². The van der Waals surface area contributed by atoms with Gasteiger partial charge in [-0.15, -0.1) is 12.4 Å². The molecule has 0 spiro atoms. The van der Waals surface area contributed by atoms with Gasteiger partial charge in [-0.25, -0.2) is 13.1 Å². The Morgan fingerprint density at radius 3 is 2.41 bits per heavy atom. The predicted molar refractivity (Wildman–Crippen MR) is 113 cm³/mol. The highest BCUT2D eigenvalue weighted by atomic mass is 35.5. The topological polar surface area (TPSA) is 49.4 Å². The zero-order chi connectivity index (χ0) is 18.4. The summed E-state index contributed by atoms with van der Waals surface area (Å²) in [5, 5.41) is 0. The number of unbranched alkanes of at least 4 members (excludes halogenated alkanes) is 2. The minimum absolute atomic E-state index is 0. The summed E-state index contributed by atoms with van der Waals surface area (Å²) < 4.78 is 27.1. The quantitative estimate of drug-likeness (QED) is 0.673. The summed E-state index contributed by atoms with van der Waals surface area (Å²) in [6, 6.07) is 15.7. The second-order valence-corrected chi connectivity index (χ2v) is 8.83. The van der Waals surface area contributed by atoms with Gasteiger partial charge < -0.3 is 0 Å². The highest BCUT2D eigenvalue weighted by Crippen LogP contribution is 2.18. The first kappa shape index (κ1) is 21.9. The van der Waals surface area contributed by atoms with E-state index < -0.39 is 10.0 Å². The number of nitrogens with zero attached hydrogens (tertiary/aromatic N) is 1. The number of hydrogen-bond donors (Lipinski definition) is 1. The number of benzene rings is 2. The molecule has 0 bridgehead atoms. The van der Waals surface area contributed by atoms with E-state index in [4.69, 9.17) is 0 Å². The van der Waals surface area contributed by atoms with Crippen LogP contribution >= 0.6 is 12.4 Å². The van der Waals surface area contributed by atoms with Crippen LogP contribution in [0.15, 0.2) is 53.4 Å². The van der Waals surface area contributed by atoms with E-state index in [9.17, 15) is 8.42 Å². The highest BCUT2D eigenvalue weighted by molar-refractivity contribution is 7.89. The fourth-order valence-electron chi connectivity index (χ4n) is 3.39. The number of aryl methyl sites for hydroxylation is 1. The Balaban J connectivity index is 0.00000261. The Kier molecular flexibility index (Phi) is 8.29. The van der Waals surface area contributed by atoms with Crippen LogP contribution in [0.4, 0.5) is 0 Å². The predicted octanol–water partition coefficient (Wildman–Crippen LogP) is 3.92. The van der Waals surface area contributed by atoms with Gasteiger partial charge in [0.1, 0.15) is 0 Å². The van der Waals surface area contributed by atoms with Gasteiger partial charge in [-0.05, 0) is 56.0 Å². The van der Waals surface area contributed by atoms with E-state index in [-0.39, 0.29) is 12.4 Å². The zero-order valence-electron chi connectivity index (χ0n) is 15.9. The van der Waals surface area contributed by atoms with Crippen LogP contribution in [-0.4, -0.2) is 33.0 Å². The maximum atomic E-state index is 12.2. The standard InChI is InChI=1S/C21H28N2O2S.ClH/c1-18-9-11-21(12-10-18)26(24,25)22-14-5-2-6-15-23-16-13-19-7-3-4-8-20(19)17-23;/h3-4,7-12,22H,2,5-6,13-17H2,1H3;1H. The molecule has 0 saturated heterocycles. The lowest BCUT2D eigenvalue weighted by molar-refractivity contribution is 0.248. The van der Waals surface area contributed by atoms with Crippen LogP contribution < -0.4 is 4.72 Å². The van der Waals surface area contributed by atoms with Gasteiger partial charge in [0.2, 0.25) is 10.0 Å². The third-order valence-corrected chi connectivity index (χ3v) is 6.46. The zero-order valence-corrected chi connectivity index (χ0v) is 17.5. The minimum Gasteiger partial charge on any atom is -0.299 e. The van der Waals surface area contributed by atoms with Crippen LogP contribution in [0.5, 0.6) is 0 Å². The summed E-state index contributed by atoms with van der Waals surface area (Å²) in [6.45, 7) is 5.69. The van der Waals surface area contributed by atoms with Crippen LogP contribution in [0.2, 0.25) is 0 Å². The highest BCUT2D eigenvalue weighted by Gasteiger charge is 2.15. The minimum atomic E-state index is -3.38. The monoisotopic (exact) mass is 408 g/mol. The molecule has 0 unspecified atom stereocenters. The average molecular weight is 409 g/mol. The molecule has 2 aromatic carbocycles. The summed E-state index contributed by atoms with van der Waals surface area (Å²) in [6.07, 6.45) is 4.14. The Hall–Kier alpha value is -1.40. The Bertz CT molecular complexity index is 822. The third-order valence-electron chi connectivity index (χ3n) is 4.98. The van der Waals surface area contributed by atoms with Crippen molar-refractivity contribution in [3.05, 3.63) is 65.2 Å². The smallest absolute Gasteiger partial charge is 0.240 e. The molecule has 27 heavy (non-hydrogen) atoms. The van der Waals surface area contributed by atoms with Crippen molar-refractivity contribution in [1.82, 2.24) is 9.62 Å². The van der Waals surface area contributed by atoms with E-state index >= 15 is 0 Å². The Morgan fingerprint density at radius 2 is 1.67 bits per heavy atom. The van der Waals surface area contributed by atoms with Gasteiger partial charge >= 0.3 is 0 Å². The number of fused-ring (bicyclic) bond motifs is 1. The summed E-state index contributed by atoms with van der Waals surface area (Å²) >= 11 is 0. The van der Waals surface area contributed by atoms with Crippen molar-refractivity contribution in [2.75, 3.05) is 19.6 Å². The van der Waals surface area contributed by atoms with Crippen molar-refractivity contribution in [3.8, 4) is 0 Å². The average Bonchev–Trinajstić information content (AvgIpc) is 2.65. The van der Waals surface area contributed by atoms with Crippen molar-refractivity contribution in [2.24, 2.45) is 0 Å². The van der Waals surface area contributed by atoms with Gasteiger partial charge in [-0.1, -0.05) is 48.4 Å². The van der Waals surface area contributed by atoms with Crippen molar-refractivity contribution in [1.29, 1.82) is 0 Å². The summed E-state index contributed by atoms with van der Waals surface area (Å²) in [5.74, 6) is 0. The second kappa shape index (κ2) is 10.2. The maximum absolute atomic E-state index is 12.2. The number of hydrogen-bond acceptors (Lipinski definition) is 3. The van der Waals surface area contributed by atoms with Crippen LogP contribution in [0.1, 0.15) is 36.0 Å². The summed E-state index contributed by atoms with van der Waals surface area (Å²) in [4.78, 5) is 2.84. The van der Waals surface area contributed by atoms with Crippen LogP contribution in [0, 0.1) is 6.92 Å². The first-order chi connectivity index (χ1) is 12.5. The molecule has 6 heteroatoms. The molecule has 0 aromatic heterocycles. The molecule has 0 radical (unpaired) electrons. The molecule has 0 fully saturated rings. The van der Waals surface area contributed by atoms with Gasteiger partial charge in [0.15, 0.2) is 0 Å². The molecule has 4 nitrogen and oxygen atoms in total. The van der Waals surface area contributed by atoms with E-state index in [2.05, 4.69) is 33.9 Å². The number of rotatable bonds is 8. The van der Waals surface area contributed by atoms with Gasteiger partial charge in [0.25, 0.3) is 0 Å². The molecule has 0 aliphatic carbocycles. The van der Waals surface area contributed by atoms with E-state index in [1.165, 1.54) is 11.1 Å². The lowest BCUT2D eigenvalue weighted by atomic mass is 10.00. The van der Waals surface area contributed by atoms with Gasteiger partial charge in [0, 0.05) is 19.6 Å². The maximum Gasteiger partial charge on any atom is 0.240 e. The normalized spacial score (nSPS) is 14.4. The van der Waals surface area contributed by atoms with Gasteiger partial charge in [-0.3, -0.25) is 4.90 Å². The van der Waals surface area contributed by atoms with E-state index in [0.717, 1.165) is 50.9 Å². The first-order valence-corrected chi connectivity index (χ1v) is 10.9. The largest absolute Gasteiger partial charge is 0.299 e. The molecule has 2 aromatic rings. The number of halogens is 1. The van der Waals surface area contributed by atoms with Crippen LogP contribution in [0.3, 0.4) is 0 Å². The molecular formula is C21H29ClN2O2S. The molecule has 1 aliphatic rings. The van der Waals surface area contributed by atoms with Gasteiger partial charge in [-0.2, -0.15) is 0 Å². The molecule has 3 rings (SSSR count). The lowest BCUT2D eigenvalue weighted by Gasteiger charge is -2.28. The number of nitrogens with one attached hydrogen (secondary N) is 1. The molecule has 0 amide bonds. The van der Waals surface area contributed by atoms with Crippen LogP contribution in [0.25, 0.3) is 0 Å². The Morgan fingerprint density at radius 1 is 0.963 bits per heavy atom. The van der Waals surface area contributed by atoms with Crippen LogP contribution in [-0.2, 0) is 23.0 Å².